The molecule has 2 heteroatoms. The van der Waals surface area contributed by atoms with E-state index in [1.165, 1.54) is 49.5 Å². The number of ether oxygens (including phenoxy) is 1. The summed E-state index contributed by atoms with van der Waals surface area (Å²) in [5, 5.41) is 9.89. The van der Waals surface area contributed by atoms with Gasteiger partial charge in [-0.15, -0.1) is 0 Å². The summed E-state index contributed by atoms with van der Waals surface area (Å²) in [7, 11) is 0. The van der Waals surface area contributed by atoms with Crippen LogP contribution in [-0.4, -0.2) is 5.97 Å². The van der Waals surface area contributed by atoms with E-state index in [4.69, 9.17) is 4.74 Å². The summed E-state index contributed by atoms with van der Waals surface area (Å²) in [6, 6.07) is 28.7. The van der Waals surface area contributed by atoms with Crippen LogP contribution in [0.1, 0.15) is 65.4 Å². The lowest BCUT2D eigenvalue weighted by Crippen LogP contribution is -2.32. The van der Waals surface area contributed by atoms with Crippen molar-refractivity contribution >= 4 is 49.1 Å². The molecule has 0 amide bonds. The Hall–Kier alpha value is -3.39. The first-order chi connectivity index (χ1) is 18.3. The van der Waals surface area contributed by atoms with E-state index in [1.54, 1.807) is 0 Å². The van der Waals surface area contributed by atoms with Crippen LogP contribution < -0.4 is 0 Å². The van der Waals surface area contributed by atoms with Gasteiger partial charge in [-0.2, -0.15) is 0 Å². The van der Waals surface area contributed by atoms with Crippen LogP contribution in [0.15, 0.2) is 78.9 Å². The lowest BCUT2D eigenvalue weighted by molar-refractivity contribution is -0.164. The smallest absolute Gasteiger partial charge is 0.309 e. The molecule has 1 unspecified atom stereocenters. The SMILES string of the molecule is CCC(C)C1CCC(C(=O)OC(C)(C)c2ccc3cc4cc5cc6ccccc6cc5cc4cc3c2)CC1. The first-order valence-corrected chi connectivity index (χ1v) is 14.3. The van der Waals surface area contributed by atoms with Crippen LogP contribution in [0, 0.1) is 17.8 Å². The Kier molecular flexibility index (Phi) is 6.38. The van der Waals surface area contributed by atoms with Crippen LogP contribution in [0.5, 0.6) is 0 Å². The Bertz CT molecular complexity index is 1650. The number of hydrogen-bond acceptors (Lipinski definition) is 2. The maximum absolute atomic E-state index is 13.2. The van der Waals surface area contributed by atoms with Crippen molar-refractivity contribution in [3.8, 4) is 0 Å². The Morgan fingerprint density at radius 3 is 1.74 bits per heavy atom. The standard InChI is InChI=1S/C36H38O2/c1-5-23(2)24-10-12-25(13-11-24)35(37)38-36(3,4)34-15-14-28-18-31-19-29-16-26-8-6-7-9-27(26)17-30(29)20-32(31)21-33(28)22-34/h6-9,14-25H,5,10-13H2,1-4H3. The molecule has 0 heterocycles. The number of fused-ring (bicyclic) bond motifs is 4. The third-order valence-corrected chi connectivity index (χ3v) is 9.22. The minimum atomic E-state index is -0.671. The number of benzene rings is 5. The Balaban J connectivity index is 1.27. The average molecular weight is 503 g/mol. The molecule has 5 aromatic rings. The van der Waals surface area contributed by atoms with Crippen LogP contribution in [0.3, 0.4) is 0 Å². The van der Waals surface area contributed by atoms with Crippen molar-refractivity contribution in [1.29, 1.82) is 0 Å². The zero-order valence-electron chi connectivity index (χ0n) is 23.1. The van der Waals surface area contributed by atoms with Gasteiger partial charge in [-0.3, -0.25) is 4.79 Å². The van der Waals surface area contributed by atoms with E-state index < -0.39 is 5.60 Å². The zero-order chi connectivity index (χ0) is 26.4. The normalized spacial score (nSPS) is 19.3. The molecule has 0 bridgehead atoms. The first kappa shape index (κ1) is 24.9. The number of hydrogen-bond donors (Lipinski definition) is 0. The summed E-state index contributed by atoms with van der Waals surface area (Å²) >= 11 is 0. The Labute approximate surface area is 226 Å². The second kappa shape index (κ2) is 9.73. The molecule has 1 aliphatic rings. The van der Waals surface area contributed by atoms with Gasteiger partial charge in [-0.25, -0.2) is 0 Å². The van der Waals surface area contributed by atoms with Crippen molar-refractivity contribution in [1.82, 2.24) is 0 Å². The molecule has 5 aromatic carbocycles. The van der Waals surface area contributed by atoms with E-state index in [0.29, 0.717) is 0 Å². The predicted octanol–water partition coefficient (Wildman–Crippen LogP) is 9.93. The van der Waals surface area contributed by atoms with Gasteiger partial charge < -0.3 is 4.74 Å². The van der Waals surface area contributed by atoms with Gasteiger partial charge >= 0.3 is 5.97 Å². The van der Waals surface area contributed by atoms with E-state index in [9.17, 15) is 4.79 Å². The molecule has 1 fully saturated rings. The number of carbonyl (C=O) groups excluding carboxylic acids is 1. The predicted molar refractivity (Wildman–Crippen MR) is 160 cm³/mol. The van der Waals surface area contributed by atoms with E-state index in [2.05, 4.69) is 92.7 Å². The molecule has 1 aliphatic carbocycles. The van der Waals surface area contributed by atoms with Gasteiger partial charge in [0.25, 0.3) is 0 Å². The summed E-state index contributed by atoms with van der Waals surface area (Å²) in [6.45, 7) is 8.66. The first-order valence-electron chi connectivity index (χ1n) is 14.3. The molecule has 1 atom stereocenters. The summed E-state index contributed by atoms with van der Waals surface area (Å²) in [6.07, 6.45) is 5.41. The van der Waals surface area contributed by atoms with Crippen LogP contribution in [0.2, 0.25) is 0 Å². The minimum absolute atomic E-state index is 0.0309. The van der Waals surface area contributed by atoms with Crippen LogP contribution in [0.25, 0.3) is 43.1 Å². The highest BCUT2D eigenvalue weighted by molar-refractivity contribution is 6.08. The third kappa shape index (κ3) is 4.66. The highest BCUT2D eigenvalue weighted by atomic mass is 16.6. The molecule has 38 heavy (non-hydrogen) atoms. The maximum atomic E-state index is 13.2. The van der Waals surface area contributed by atoms with Gasteiger partial charge in [0.1, 0.15) is 5.60 Å². The Morgan fingerprint density at radius 2 is 1.21 bits per heavy atom. The fourth-order valence-corrected chi connectivity index (χ4v) is 6.47. The molecule has 194 valence electrons. The van der Waals surface area contributed by atoms with Crippen molar-refractivity contribution in [3.05, 3.63) is 84.4 Å². The van der Waals surface area contributed by atoms with E-state index in [0.717, 1.165) is 43.1 Å². The van der Waals surface area contributed by atoms with Crippen molar-refractivity contribution < 1.29 is 9.53 Å². The molecule has 0 spiro atoms. The second-order valence-corrected chi connectivity index (χ2v) is 12.1. The van der Waals surface area contributed by atoms with Crippen molar-refractivity contribution in [3.63, 3.8) is 0 Å². The molecule has 0 aliphatic heterocycles. The van der Waals surface area contributed by atoms with E-state index in [1.807, 2.05) is 13.8 Å². The third-order valence-electron chi connectivity index (χ3n) is 9.22. The summed E-state index contributed by atoms with van der Waals surface area (Å²) in [5.74, 6) is 1.50. The quantitative estimate of drug-likeness (QED) is 0.176. The topological polar surface area (TPSA) is 26.3 Å². The zero-order valence-corrected chi connectivity index (χ0v) is 23.1. The molecule has 6 rings (SSSR count). The van der Waals surface area contributed by atoms with Gasteiger partial charge in [0.15, 0.2) is 0 Å². The van der Waals surface area contributed by atoms with E-state index >= 15 is 0 Å². The highest BCUT2D eigenvalue weighted by Crippen LogP contribution is 2.38. The molecule has 2 nitrogen and oxygen atoms in total. The highest BCUT2D eigenvalue weighted by Gasteiger charge is 2.33. The fraction of sp³-hybridized carbons (Fsp3) is 0.361. The summed E-state index contributed by atoms with van der Waals surface area (Å²) in [5.41, 5.74) is 0.369. The molecule has 0 aromatic heterocycles. The number of rotatable bonds is 5. The lowest BCUT2D eigenvalue weighted by Gasteiger charge is -2.33. The van der Waals surface area contributed by atoms with Crippen LogP contribution >= 0.6 is 0 Å². The van der Waals surface area contributed by atoms with Gasteiger partial charge in [-0.05, 0) is 142 Å². The molecule has 0 saturated heterocycles. The second-order valence-electron chi connectivity index (χ2n) is 12.1. The van der Waals surface area contributed by atoms with Gasteiger partial charge in [-0.1, -0.05) is 56.7 Å². The molecule has 1 saturated carbocycles. The van der Waals surface area contributed by atoms with Crippen LogP contribution in [-0.2, 0) is 15.1 Å². The minimum Gasteiger partial charge on any atom is -0.455 e. The van der Waals surface area contributed by atoms with Crippen molar-refractivity contribution in [2.75, 3.05) is 0 Å². The van der Waals surface area contributed by atoms with E-state index in [-0.39, 0.29) is 11.9 Å². The van der Waals surface area contributed by atoms with Crippen LogP contribution in [0.4, 0.5) is 0 Å². The monoisotopic (exact) mass is 502 g/mol. The fourth-order valence-electron chi connectivity index (χ4n) is 6.47. The molecular formula is C36H38O2. The Morgan fingerprint density at radius 1 is 0.737 bits per heavy atom. The van der Waals surface area contributed by atoms with Crippen molar-refractivity contribution in [2.24, 2.45) is 17.8 Å². The van der Waals surface area contributed by atoms with Crippen molar-refractivity contribution in [2.45, 2.75) is 65.4 Å². The lowest BCUT2D eigenvalue weighted by atomic mass is 9.75. The van der Waals surface area contributed by atoms with Gasteiger partial charge in [0, 0.05) is 0 Å². The molecule has 0 radical (unpaired) electrons. The summed E-state index contributed by atoms with van der Waals surface area (Å²) < 4.78 is 6.18. The maximum Gasteiger partial charge on any atom is 0.309 e. The number of esters is 1. The average Bonchev–Trinajstić information content (AvgIpc) is 2.93. The largest absolute Gasteiger partial charge is 0.455 e. The molecular weight excluding hydrogens is 464 g/mol. The number of carbonyl (C=O) groups is 1. The summed E-state index contributed by atoms with van der Waals surface area (Å²) in [4.78, 5) is 13.2. The molecule has 0 N–H and O–H groups in total. The van der Waals surface area contributed by atoms with Gasteiger partial charge in [0.05, 0.1) is 5.92 Å². The van der Waals surface area contributed by atoms with Gasteiger partial charge in [0.2, 0.25) is 0 Å².